The fourth-order valence-corrected chi connectivity index (χ4v) is 4.74. The minimum atomic E-state index is -4.71. The van der Waals surface area contributed by atoms with Crippen LogP contribution in [0.4, 0.5) is 19.0 Å². The number of nitrogens with zero attached hydrogens (tertiary/aromatic N) is 3. The van der Waals surface area contributed by atoms with Crippen LogP contribution in [-0.4, -0.2) is 58.0 Å². The number of anilines is 1. The zero-order valence-corrected chi connectivity index (χ0v) is 20.8. The van der Waals surface area contributed by atoms with Crippen molar-refractivity contribution in [1.29, 1.82) is 0 Å². The number of benzene rings is 3. The van der Waals surface area contributed by atoms with E-state index in [1.807, 2.05) is 36.4 Å². The van der Waals surface area contributed by atoms with Crippen LogP contribution in [0.2, 0.25) is 5.02 Å². The second-order valence-corrected chi connectivity index (χ2v) is 9.32. The number of aromatic nitrogens is 2. The van der Waals surface area contributed by atoms with Gasteiger partial charge in [0, 0.05) is 43.7 Å². The number of piperazine rings is 1. The smallest absolute Gasteiger partial charge is 0.364 e. The van der Waals surface area contributed by atoms with Crippen LogP contribution < -0.4 is 5.32 Å². The molecule has 196 valence electrons. The van der Waals surface area contributed by atoms with E-state index in [9.17, 15) is 22.8 Å². The van der Waals surface area contributed by atoms with Gasteiger partial charge >= 0.3 is 6.18 Å². The van der Waals surface area contributed by atoms with Gasteiger partial charge in [-0.2, -0.15) is 18.3 Å². The van der Waals surface area contributed by atoms with E-state index in [0.717, 1.165) is 28.4 Å². The molecular formula is C27H23ClF3N5O2. The highest BCUT2D eigenvalue weighted by molar-refractivity contribution is 6.34. The Morgan fingerprint density at radius 3 is 2.24 bits per heavy atom. The molecule has 0 aliphatic carbocycles. The summed E-state index contributed by atoms with van der Waals surface area (Å²) in [5.74, 6) is -0.257. The van der Waals surface area contributed by atoms with Gasteiger partial charge in [-0.25, -0.2) is 0 Å². The van der Waals surface area contributed by atoms with Crippen molar-refractivity contribution in [2.45, 2.75) is 12.7 Å². The van der Waals surface area contributed by atoms with E-state index in [1.54, 1.807) is 17.0 Å². The molecule has 5 rings (SSSR count). The summed E-state index contributed by atoms with van der Waals surface area (Å²) < 4.78 is 40.3. The number of para-hydroxylation sites is 1. The van der Waals surface area contributed by atoms with Gasteiger partial charge in [0.05, 0.1) is 21.7 Å². The second kappa shape index (κ2) is 10.4. The Balaban J connectivity index is 1.19. The van der Waals surface area contributed by atoms with E-state index in [1.165, 1.54) is 17.0 Å². The lowest BCUT2D eigenvalue weighted by atomic mass is 10.0. The van der Waals surface area contributed by atoms with Crippen LogP contribution in [0, 0.1) is 0 Å². The molecule has 0 radical (unpaired) electrons. The number of nitrogens with one attached hydrogen (secondary N) is 2. The minimum Gasteiger partial charge on any atom is -0.364 e. The van der Waals surface area contributed by atoms with Crippen molar-refractivity contribution in [3.05, 3.63) is 94.0 Å². The maximum atomic E-state index is 13.4. The van der Waals surface area contributed by atoms with Crippen molar-refractivity contribution in [3.63, 3.8) is 0 Å². The normalized spacial score (nSPS) is 14.1. The largest absolute Gasteiger partial charge is 0.417 e. The molecule has 1 saturated heterocycles. The van der Waals surface area contributed by atoms with E-state index in [0.29, 0.717) is 12.1 Å². The van der Waals surface area contributed by atoms with E-state index >= 15 is 0 Å². The number of aromatic amines is 1. The number of fused-ring (bicyclic) bond motifs is 1. The molecule has 0 atom stereocenters. The van der Waals surface area contributed by atoms with E-state index in [-0.39, 0.29) is 37.1 Å². The number of amides is 2. The number of hydrogen-bond donors (Lipinski definition) is 2. The Kier molecular flexibility index (Phi) is 6.98. The van der Waals surface area contributed by atoms with Gasteiger partial charge in [-0.15, -0.1) is 0 Å². The average Bonchev–Trinajstić information content (AvgIpc) is 3.34. The molecule has 7 nitrogen and oxygen atoms in total. The summed E-state index contributed by atoms with van der Waals surface area (Å²) in [6, 6.07) is 18.2. The Morgan fingerprint density at radius 2 is 1.55 bits per heavy atom. The predicted octanol–water partition coefficient (Wildman–Crippen LogP) is 5.45. The number of rotatable bonds is 5. The Labute approximate surface area is 221 Å². The third-order valence-electron chi connectivity index (χ3n) is 6.52. The average molecular weight is 542 g/mol. The van der Waals surface area contributed by atoms with Crippen LogP contribution in [0.3, 0.4) is 0 Å². The Morgan fingerprint density at radius 1 is 0.895 bits per heavy atom. The number of H-pyrrole nitrogens is 1. The zero-order valence-electron chi connectivity index (χ0n) is 20.1. The number of hydrogen-bond acceptors (Lipinski definition) is 4. The molecule has 1 aliphatic heterocycles. The molecule has 11 heteroatoms. The number of halogens is 4. The molecule has 38 heavy (non-hydrogen) atoms. The van der Waals surface area contributed by atoms with Gasteiger partial charge in [-0.3, -0.25) is 14.7 Å². The van der Waals surface area contributed by atoms with Gasteiger partial charge in [-0.1, -0.05) is 41.9 Å². The molecule has 2 heterocycles. The lowest BCUT2D eigenvalue weighted by Crippen LogP contribution is -2.50. The molecule has 1 aliphatic rings. The highest BCUT2D eigenvalue weighted by atomic mass is 35.5. The fourth-order valence-electron chi connectivity index (χ4n) is 4.48. The van der Waals surface area contributed by atoms with Crippen LogP contribution >= 0.6 is 11.6 Å². The van der Waals surface area contributed by atoms with Gasteiger partial charge in [-0.05, 0) is 42.0 Å². The van der Waals surface area contributed by atoms with Crippen molar-refractivity contribution < 1.29 is 22.8 Å². The van der Waals surface area contributed by atoms with Gasteiger partial charge in [0.1, 0.15) is 0 Å². The summed E-state index contributed by atoms with van der Waals surface area (Å²) in [7, 11) is 0. The van der Waals surface area contributed by atoms with Crippen LogP contribution in [0.25, 0.3) is 10.9 Å². The third kappa shape index (κ3) is 5.17. The Hall–Kier alpha value is -4.05. The van der Waals surface area contributed by atoms with E-state index < -0.39 is 23.2 Å². The SMILES string of the molecule is O=C(c1ccc(CNc2n[nH]c3ccccc23)cc1)N1CCN(C(=O)c2c(Cl)cccc2C(F)(F)F)CC1. The van der Waals surface area contributed by atoms with Crippen molar-refractivity contribution in [3.8, 4) is 0 Å². The van der Waals surface area contributed by atoms with Gasteiger partial charge < -0.3 is 15.1 Å². The first-order valence-corrected chi connectivity index (χ1v) is 12.3. The summed E-state index contributed by atoms with van der Waals surface area (Å²) in [5.41, 5.74) is 0.760. The Bertz CT molecular complexity index is 1480. The lowest BCUT2D eigenvalue weighted by Gasteiger charge is -2.35. The van der Waals surface area contributed by atoms with Gasteiger partial charge in [0.15, 0.2) is 5.82 Å². The molecule has 2 N–H and O–H groups in total. The molecule has 0 saturated carbocycles. The standard InChI is InChI=1S/C27H23ClF3N5O2/c28-21-6-3-5-20(27(29,30)31)23(21)26(38)36-14-12-35(13-15-36)25(37)18-10-8-17(9-11-18)16-32-24-19-4-1-2-7-22(19)33-34-24/h1-11H,12-16H2,(H2,32,33,34). The minimum absolute atomic E-state index is 0.104. The summed E-state index contributed by atoms with van der Waals surface area (Å²) >= 11 is 5.98. The van der Waals surface area contributed by atoms with Crippen LogP contribution in [0.5, 0.6) is 0 Å². The number of carbonyl (C=O) groups is 2. The van der Waals surface area contributed by atoms with Gasteiger partial charge in [0.2, 0.25) is 0 Å². The first-order valence-electron chi connectivity index (χ1n) is 11.9. The van der Waals surface area contributed by atoms with E-state index in [2.05, 4.69) is 15.5 Å². The lowest BCUT2D eigenvalue weighted by molar-refractivity contribution is -0.138. The topological polar surface area (TPSA) is 81.3 Å². The summed E-state index contributed by atoms with van der Waals surface area (Å²) in [5, 5.41) is 11.3. The summed E-state index contributed by atoms with van der Waals surface area (Å²) in [6.45, 7) is 1.13. The van der Waals surface area contributed by atoms with Crippen molar-refractivity contribution >= 4 is 40.1 Å². The number of alkyl halides is 3. The van der Waals surface area contributed by atoms with Crippen LogP contribution in [-0.2, 0) is 12.7 Å². The van der Waals surface area contributed by atoms with Gasteiger partial charge in [0.25, 0.3) is 11.8 Å². The van der Waals surface area contributed by atoms with Crippen LogP contribution in [0.1, 0.15) is 31.8 Å². The molecule has 0 spiro atoms. The van der Waals surface area contributed by atoms with Crippen LogP contribution in [0.15, 0.2) is 66.7 Å². The molecule has 2 amide bonds. The second-order valence-electron chi connectivity index (χ2n) is 8.91. The van der Waals surface area contributed by atoms with E-state index in [4.69, 9.17) is 11.6 Å². The van der Waals surface area contributed by atoms with Crippen molar-refractivity contribution in [2.24, 2.45) is 0 Å². The monoisotopic (exact) mass is 541 g/mol. The molecule has 0 unspecified atom stereocenters. The highest BCUT2D eigenvalue weighted by Crippen LogP contribution is 2.35. The molecule has 1 aromatic heterocycles. The van der Waals surface area contributed by atoms with Crippen molar-refractivity contribution in [1.82, 2.24) is 20.0 Å². The number of carbonyl (C=O) groups excluding carboxylic acids is 2. The zero-order chi connectivity index (χ0) is 26.9. The summed E-state index contributed by atoms with van der Waals surface area (Å²) in [6.07, 6.45) is -4.71. The maximum Gasteiger partial charge on any atom is 0.417 e. The molecule has 4 aromatic rings. The molecule has 0 bridgehead atoms. The first-order chi connectivity index (χ1) is 18.2. The third-order valence-corrected chi connectivity index (χ3v) is 6.83. The predicted molar refractivity (Wildman–Crippen MR) is 138 cm³/mol. The van der Waals surface area contributed by atoms with Crippen molar-refractivity contribution in [2.75, 3.05) is 31.5 Å². The molecule has 1 fully saturated rings. The summed E-state index contributed by atoms with van der Waals surface area (Å²) in [4.78, 5) is 28.8. The fraction of sp³-hybridized carbons (Fsp3) is 0.222. The maximum absolute atomic E-state index is 13.4. The highest BCUT2D eigenvalue weighted by Gasteiger charge is 2.38. The quantitative estimate of drug-likeness (QED) is 0.352. The molecule has 3 aromatic carbocycles. The molecular weight excluding hydrogens is 519 g/mol. The first kappa shape index (κ1) is 25.6.